The van der Waals surface area contributed by atoms with Gasteiger partial charge >= 0.3 is 0 Å². The van der Waals surface area contributed by atoms with E-state index in [1.165, 1.54) is 6.07 Å². The first-order valence-corrected chi connectivity index (χ1v) is 7.35. The lowest BCUT2D eigenvalue weighted by molar-refractivity contribution is 0.614. The van der Waals surface area contributed by atoms with Crippen molar-refractivity contribution in [2.24, 2.45) is 12.8 Å². The highest BCUT2D eigenvalue weighted by molar-refractivity contribution is 5.49. The maximum Gasteiger partial charge on any atom is 0.125 e. The lowest BCUT2D eigenvalue weighted by Crippen LogP contribution is -2.34. The molecule has 0 spiro atoms. The number of benzene rings is 1. The van der Waals surface area contributed by atoms with Crippen molar-refractivity contribution < 1.29 is 4.39 Å². The Kier molecular flexibility index (Phi) is 4.96. The number of aryl methyl sites for hydroxylation is 2. The van der Waals surface area contributed by atoms with Crippen LogP contribution in [-0.2, 0) is 13.5 Å². The van der Waals surface area contributed by atoms with Gasteiger partial charge in [-0.2, -0.15) is 5.10 Å². The van der Waals surface area contributed by atoms with Crippen LogP contribution in [-0.4, -0.2) is 22.9 Å². The minimum absolute atomic E-state index is 0.000417. The number of aromatic nitrogens is 2. The smallest absolute Gasteiger partial charge is 0.125 e. The van der Waals surface area contributed by atoms with E-state index in [4.69, 9.17) is 5.73 Å². The molecule has 0 saturated carbocycles. The first kappa shape index (κ1) is 15.5. The molecule has 0 aliphatic heterocycles. The molecule has 1 aromatic heterocycles. The fourth-order valence-electron chi connectivity index (χ4n) is 2.77. The highest BCUT2D eigenvalue weighted by Gasteiger charge is 2.23. The summed E-state index contributed by atoms with van der Waals surface area (Å²) in [7, 11) is 1.91. The fourth-order valence-corrected chi connectivity index (χ4v) is 2.77. The second kappa shape index (κ2) is 6.72. The Morgan fingerprint density at radius 3 is 2.71 bits per heavy atom. The molecule has 1 atom stereocenters. The van der Waals surface area contributed by atoms with Crippen molar-refractivity contribution in [2.75, 3.05) is 18.0 Å². The Bertz CT molecular complexity index is 594. The molecule has 1 heterocycles. The molecule has 2 rings (SSSR count). The van der Waals surface area contributed by atoms with E-state index in [1.807, 2.05) is 24.0 Å². The van der Waals surface area contributed by atoms with Gasteiger partial charge in [-0.3, -0.25) is 4.68 Å². The van der Waals surface area contributed by atoms with Gasteiger partial charge in [-0.15, -0.1) is 0 Å². The second-order valence-corrected chi connectivity index (χ2v) is 5.08. The summed E-state index contributed by atoms with van der Waals surface area (Å²) in [5.74, 6) is -0.233. The Morgan fingerprint density at radius 1 is 1.38 bits per heavy atom. The van der Waals surface area contributed by atoms with Crippen molar-refractivity contribution >= 4 is 5.69 Å². The van der Waals surface area contributed by atoms with Crippen LogP contribution in [0.25, 0.3) is 0 Å². The van der Waals surface area contributed by atoms with E-state index >= 15 is 0 Å². The van der Waals surface area contributed by atoms with Crippen LogP contribution in [0.15, 0.2) is 30.5 Å². The Hall–Kier alpha value is -1.88. The zero-order chi connectivity index (χ0) is 15.4. The van der Waals surface area contributed by atoms with Gasteiger partial charge in [0, 0.05) is 37.6 Å². The van der Waals surface area contributed by atoms with Gasteiger partial charge < -0.3 is 10.6 Å². The second-order valence-electron chi connectivity index (χ2n) is 5.08. The van der Waals surface area contributed by atoms with E-state index in [9.17, 15) is 4.39 Å². The van der Waals surface area contributed by atoms with E-state index in [-0.39, 0.29) is 11.9 Å². The van der Waals surface area contributed by atoms with Crippen LogP contribution in [0, 0.1) is 5.82 Å². The average Bonchev–Trinajstić information content (AvgIpc) is 2.85. The standard InChI is InChI=1S/C16H23FN4/c1-4-15-14(11-20(3)19-15)16(10-18)21(5-2)13-8-6-7-12(17)9-13/h6-9,11,16H,4-5,10,18H2,1-3H3. The summed E-state index contributed by atoms with van der Waals surface area (Å²) >= 11 is 0. The zero-order valence-electron chi connectivity index (χ0n) is 12.9. The molecule has 2 aromatic rings. The van der Waals surface area contributed by atoms with Crippen LogP contribution in [0.2, 0.25) is 0 Å². The normalized spacial score (nSPS) is 12.4. The van der Waals surface area contributed by atoms with Crippen molar-refractivity contribution in [3.63, 3.8) is 0 Å². The van der Waals surface area contributed by atoms with E-state index in [1.54, 1.807) is 12.1 Å². The van der Waals surface area contributed by atoms with E-state index in [0.29, 0.717) is 6.54 Å². The Morgan fingerprint density at radius 2 is 2.14 bits per heavy atom. The average molecular weight is 290 g/mol. The predicted octanol–water partition coefficient (Wildman–Crippen LogP) is 2.65. The summed E-state index contributed by atoms with van der Waals surface area (Å²) in [6, 6.07) is 6.65. The topological polar surface area (TPSA) is 47.1 Å². The number of halogens is 1. The first-order valence-electron chi connectivity index (χ1n) is 7.35. The van der Waals surface area contributed by atoms with Gasteiger partial charge in [0.1, 0.15) is 5.82 Å². The molecule has 0 amide bonds. The predicted molar refractivity (Wildman–Crippen MR) is 83.8 cm³/mol. The third kappa shape index (κ3) is 3.24. The van der Waals surface area contributed by atoms with Gasteiger partial charge in [0.05, 0.1) is 11.7 Å². The first-order chi connectivity index (χ1) is 10.1. The minimum atomic E-state index is -0.233. The molecule has 1 unspecified atom stereocenters. The summed E-state index contributed by atoms with van der Waals surface area (Å²) in [6.45, 7) is 5.35. The van der Waals surface area contributed by atoms with Crippen LogP contribution in [0.4, 0.5) is 10.1 Å². The molecule has 0 bridgehead atoms. The number of nitrogens with two attached hydrogens (primary N) is 1. The summed E-state index contributed by atoms with van der Waals surface area (Å²) in [4.78, 5) is 2.12. The van der Waals surface area contributed by atoms with Gasteiger partial charge in [-0.05, 0) is 31.5 Å². The van der Waals surface area contributed by atoms with Crippen LogP contribution in [0.3, 0.4) is 0 Å². The third-order valence-electron chi connectivity index (χ3n) is 3.71. The number of anilines is 1. The van der Waals surface area contributed by atoms with Gasteiger partial charge in [0.15, 0.2) is 0 Å². The van der Waals surface area contributed by atoms with Crippen LogP contribution < -0.4 is 10.6 Å². The number of likely N-dealkylation sites (N-methyl/N-ethyl adjacent to an activating group) is 1. The zero-order valence-corrected chi connectivity index (χ0v) is 12.9. The van der Waals surface area contributed by atoms with Gasteiger partial charge in [0.2, 0.25) is 0 Å². The summed E-state index contributed by atoms with van der Waals surface area (Å²) in [6.07, 6.45) is 2.87. The quantitative estimate of drug-likeness (QED) is 0.889. The van der Waals surface area contributed by atoms with E-state index in [0.717, 1.165) is 29.9 Å². The molecule has 2 N–H and O–H groups in total. The maximum absolute atomic E-state index is 13.5. The Labute approximate surface area is 125 Å². The van der Waals surface area contributed by atoms with Crippen molar-refractivity contribution in [3.8, 4) is 0 Å². The van der Waals surface area contributed by atoms with E-state index < -0.39 is 0 Å². The van der Waals surface area contributed by atoms with Crippen LogP contribution in [0.5, 0.6) is 0 Å². The number of rotatable bonds is 6. The SMILES string of the molecule is CCc1nn(C)cc1C(CN)N(CC)c1cccc(F)c1. The largest absolute Gasteiger partial charge is 0.363 e. The lowest BCUT2D eigenvalue weighted by atomic mass is 10.0. The lowest BCUT2D eigenvalue weighted by Gasteiger charge is -2.32. The molecule has 0 saturated heterocycles. The molecule has 0 aliphatic rings. The third-order valence-corrected chi connectivity index (χ3v) is 3.71. The van der Waals surface area contributed by atoms with Gasteiger partial charge in [-0.25, -0.2) is 4.39 Å². The molecule has 5 heteroatoms. The van der Waals surface area contributed by atoms with Crippen LogP contribution >= 0.6 is 0 Å². The van der Waals surface area contributed by atoms with Crippen molar-refractivity contribution in [2.45, 2.75) is 26.3 Å². The molecule has 0 aliphatic carbocycles. The number of nitrogens with zero attached hydrogens (tertiary/aromatic N) is 3. The van der Waals surface area contributed by atoms with Gasteiger partial charge in [-0.1, -0.05) is 13.0 Å². The van der Waals surface area contributed by atoms with Crippen molar-refractivity contribution in [3.05, 3.63) is 47.5 Å². The monoisotopic (exact) mass is 290 g/mol. The van der Waals surface area contributed by atoms with E-state index in [2.05, 4.69) is 23.8 Å². The van der Waals surface area contributed by atoms with Gasteiger partial charge in [0.25, 0.3) is 0 Å². The fraction of sp³-hybridized carbons (Fsp3) is 0.438. The highest BCUT2D eigenvalue weighted by Crippen LogP contribution is 2.28. The summed E-state index contributed by atoms with van der Waals surface area (Å²) < 4.78 is 15.3. The van der Waals surface area contributed by atoms with Crippen LogP contribution in [0.1, 0.15) is 31.1 Å². The summed E-state index contributed by atoms with van der Waals surface area (Å²) in [5, 5.41) is 4.49. The highest BCUT2D eigenvalue weighted by atomic mass is 19.1. The molecule has 4 nitrogen and oxygen atoms in total. The minimum Gasteiger partial charge on any atom is -0.363 e. The summed E-state index contributed by atoms with van der Waals surface area (Å²) in [5.41, 5.74) is 9.03. The molecular weight excluding hydrogens is 267 g/mol. The van der Waals surface area contributed by atoms with Crippen molar-refractivity contribution in [1.82, 2.24) is 9.78 Å². The molecule has 0 fully saturated rings. The number of hydrogen-bond acceptors (Lipinski definition) is 3. The van der Waals surface area contributed by atoms with Crippen molar-refractivity contribution in [1.29, 1.82) is 0 Å². The molecule has 114 valence electrons. The molecule has 21 heavy (non-hydrogen) atoms. The molecule has 0 radical (unpaired) electrons. The molecule has 1 aromatic carbocycles. The maximum atomic E-state index is 13.5. The molecular formula is C16H23FN4. The number of hydrogen-bond donors (Lipinski definition) is 1. The Balaban J connectivity index is 2.42.